The Morgan fingerprint density at radius 3 is 2.89 bits per heavy atom. The van der Waals surface area contributed by atoms with E-state index in [9.17, 15) is 4.79 Å². The van der Waals surface area contributed by atoms with Gasteiger partial charge in [0, 0.05) is 12.6 Å². The molecule has 0 amide bonds. The van der Waals surface area contributed by atoms with Crippen LogP contribution in [0.4, 0.5) is 5.82 Å². The van der Waals surface area contributed by atoms with E-state index in [1.54, 1.807) is 0 Å². The highest BCUT2D eigenvalue weighted by Crippen LogP contribution is 2.27. The number of hydrogen-bond donors (Lipinski definition) is 1. The second-order valence-corrected chi connectivity index (χ2v) is 4.38. The number of aromatic nitrogens is 3. The van der Waals surface area contributed by atoms with Crippen LogP contribution in [0, 0.1) is 6.92 Å². The molecule has 0 aliphatic heterocycles. The van der Waals surface area contributed by atoms with Crippen molar-refractivity contribution in [1.82, 2.24) is 15.1 Å². The molecular formula is C12H16N4O3. The van der Waals surface area contributed by atoms with E-state index in [0.29, 0.717) is 23.8 Å². The number of carbonyl (C=O) groups is 1. The summed E-state index contributed by atoms with van der Waals surface area (Å²) in [7, 11) is 0. The first-order chi connectivity index (χ1) is 9.04. The summed E-state index contributed by atoms with van der Waals surface area (Å²) in [6, 6.07) is -0.171. The third-order valence-electron chi connectivity index (χ3n) is 3.04. The topological polar surface area (TPSA) is 92.4 Å². The van der Waals surface area contributed by atoms with Crippen molar-refractivity contribution >= 4 is 22.9 Å². The fourth-order valence-corrected chi connectivity index (χ4v) is 2.15. The molecule has 102 valence electrons. The van der Waals surface area contributed by atoms with E-state index in [0.717, 1.165) is 5.39 Å². The van der Waals surface area contributed by atoms with Crippen LogP contribution in [0.5, 0.6) is 0 Å². The van der Waals surface area contributed by atoms with Crippen molar-refractivity contribution in [2.45, 2.75) is 33.2 Å². The summed E-state index contributed by atoms with van der Waals surface area (Å²) in [5.74, 6) is -0.168. The molecule has 2 aromatic rings. The molecule has 0 spiro atoms. The molecule has 0 saturated heterocycles. The molecule has 2 rings (SSSR count). The summed E-state index contributed by atoms with van der Waals surface area (Å²) in [4.78, 5) is 21.0. The first-order valence-electron chi connectivity index (χ1n) is 6.10. The number of carboxylic acids is 1. The van der Waals surface area contributed by atoms with Gasteiger partial charge in [0.15, 0.2) is 0 Å². The van der Waals surface area contributed by atoms with Crippen molar-refractivity contribution in [3.8, 4) is 0 Å². The van der Waals surface area contributed by atoms with Crippen molar-refractivity contribution in [3.05, 3.63) is 12.0 Å². The fraction of sp³-hybridized carbons (Fsp3) is 0.500. The van der Waals surface area contributed by atoms with Gasteiger partial charge in [-0.15, -0.1) is 0 Å². The lowest BCUT2D eigenvalue weighted by Crippen LogP contribution is -2.35. The summed E-state index contributed by atoms with van der Waals surface area (Å²) in [6.07, 6.45) is 1.45. The van der Waals surface area contributed by atoms with E-state index in [1.165, 1.54) is 6.33 Å². The summed E-state index contributed by atoms with van der Waals surface area (Å²) in [5, 5.41) is 13.5. The SMILES string of the molecule is CCN(c1ncnc2onc(C)c12)C(C)CC(=O)O. The molecule has 0 radical (unpaired) electrons. The van der Waals surface area contributed by atoms with Crippen molar-refractivity contribution < 1.29 is 14.4 Å². The van der Waals surface area contributed by atoms with Gasteiger partial charge in [-0.05, 0) is 20.8 Å². The molecule has 0 bridgehead atoms. The van der Waals surface area contributed by atoms with Gasteiger partial charge in [0.1, 0.15) is 17.5 Å². The summed E-state index contributed by atoms with van der Waals surface area (Å²) in [5.41, 5.74) is 1.12. The molecule has 0 aliphatic carbocycles. The Kier molecular flexibility index (Phi) is 3.64. The van der Waals surface area contributed by atoms with Crippen LogP contribution >= 0.6 is 0 Å². The predicted octanol–water partition coefficient (Wildman–Crippen LogP) is 1.62. The zero-order chi connectivity index (χ0) is 14.0. The standard InChI is InChI=1S/C12H16N4O3/c1-4-16(7(2)5-9(17)18)11-10-8(3)15-19-12(10)14-6-13-11/h6-7H,4-5H2,1-3H3,(H,17,18). The molecule has 1 N–H and O–H groups in total. The summed E-state index contributed by atoms with van der Waals surface area (Å²) >= 11 is 0. The van der Waals surface area contributed by atoms with Crippen LogP contribution < -0.4 is 4.90 Å². The Labute approximate surface area is 110 Å². The Balaban J connectivity index is 2.45. The van der Waals surface area contributed by atoms with Crippen LogP contribution in [0.3, 0.4) is 0 Å². The number of rotatable bonds is 5. The zero-order valence-electron chi connectivity index (χ0n) is 11.1. The second-order valence-electron chi connectivity index (χ2n) is 4.38. The minimum Gasteiger partial charge on any atom is -0.481 e. The normalized spacial score (nSPS) is 12.6. The van der Waals surface area contributed by atoms with E-state index in [-0.39, 0.29) is 12.5 Å². The van der Waals surface area contributed by atoms with Crippen LogP contribution in [-0.4, -0.2) is 38.8 Å². The van der Waals surface area contributed by atoms with Gasteiger partial charge in [0.25, 0.3) is 5.71 Å². The molecular weight excluding hydrogens is 248 g/mol. The first kappa shape index (κ1) is 13.3. The van der Waals surface area contributed by atoms with Gasteiger partial charge in [0.2, 0.25) is 0 Å². The molecule has 2 heterocycles. The molecule has 0 saturated carbocycles. The average molecular weight is 264 g/mol. The van der Waals surface area contributed by atoms with Crippen LogP contribution in [0.1, 0.15) is 26.0 Å². The third-order valence-corrected chi connectivity index (χ3v) is 3.04. The molecule has 0 fully saturated rings. The Bertz CT molecular complexity index is 596. The minimum atomic E-state index is -0.835. The van der Waals surface area contributed by atoms with Crippen molar-refractivity contribution in [2.75, 3.05) is 11.4 Å². The van der Waals surface area contributed by atoms with E-state index in [1.807, 2.05) is 25.7 Å². The molecule has 0 aromatic carbocycles. The summed E-state index contributed by atoms with van der Waals surface area (Å²) < 4.78 is 5.10. The number of carboxylic acid groups (broad SMARTS) is 1. The smallest absolute Gasteiger partial charge is 0.305 e. The first-order valence-corrected chi connectivity index (χ1v) is 6.10. The van der Waals surface area contributed by atoms with Crippen LogP contribution in [0.15, 0.2) is 10.9 Å². The predicted molar refractivity (Wildman–Crippen MR) is 69.1 cm³/mol. The van der Waals surface area contributed by atoms with Crippen LogP contribution in [-0.2, 0) is 4.79 Å². The number of aryl methyl sites for hydroxylation is 1. The minimum absolute atomic E-state index is 0.0453. The Hall–Kier alpha value is -2.18. The van der Waals surface area contributed by atoms with Crippen LogP contribution in [0.2, 0.25) is 0 Å². The highest BCUT2D eigenvalue weighted by Gasteiger charge is 2.22. The van der Waals surface area contributed by atoms with Crippen molar-refractivity contribution in [3.63, 3.8) is 0 Å². The maximum Gasteiger partial charge on any atom is 0.305 e. The number of anilines is 1. The van der Waals surface area contributed by atoms with E-state index in [4.69, 9.17) is 9.63 Å². The molecule has 2 aromatic heterocycles. The number of aliphatic carboxylic acids is 1. The third kappa shape index (κ3) is 2.49. The summed E-state index contributed by atoms with van der Waals surface area (Å²) in [6.45, 7) is 6.27. The van der Waals surface area contributed by atoms with E-state index >= 15 is 0 Å². The fourth-order valence-electron chi connectivity index (χ4n) is 2.15. The zero-order valence-corrected chi connectivity index (χ0v) is 11.1. The van der Waals surface area contributed by atoms with E-state index in [2.05, 4.69) is 15.1 Å². The average Bonchev–Trinajstić information content (AvgIpc) is 2.72. The molecule has 19 heavy (non-hydrogen) atoms. The van der Waals surface area contributed by atoms with Gasteiger partial charge in [-0.3, -0.25) is 4.79 Å². The monoisotopic (exact) mass is 264 g/mol. The molecule has 7 nitrogen and oxygen atoms in total. The Morgan fingerprint density at radius 1 is 1.53 bits per heavy atom. The van der Waals surface area contributed by atoms with Gasteiger partial charge >= 0.3 is 5.97 Å². The molecule has 7 heteroatoms. The maximum absolute atomic E-state index is 10.9. The van der Waals surface area contributed by atoms with Gasteiger partial charge in [-0.2, -0.15) is 4.98 Å². The van der Waals surface area contributed by atoms with Gasteiger partial charge in [0.05, 0.1) is 12.1 Å². The number of hydrogen-bond acceptors (Lipinski definition) is 6. The van der Waals surface area contributed by atoms with Crippen molar-refractivity contribution in [2.24, 2.45) is 0 Å². The number of nitrogens with zero attached hydrogens (tertiary/aromatic N) is 4. The Morgan fingerprint density at radius 2 is 2.26 bits per heavy atom. The van der Waals surface area contributed by atoms with Crippen molar-refractivity contribution in [1.29, 1.82) is 0 Å². The highest BCUT2D eigenvalue weighted by atomic mass is 16.5. The molecule has 1 unspecified atom stereocenters. The number of fused-ring (bicyclic) bond motifs is 1. The molecule has 1 atom stereocenters. The van der Waals surface area contributed by atoms with E-state index < -0.39 is 5.97 Å². The molecule has 0 aliphatic rings. The van der Waals surface area contributed by atoms with Crippen LogP contribution in [0.25, 0.3) is 11.1 Å². The maximum atomic E-state index is 10.9. The lowest BCUT2D eigenvalue weighted by Gasteiger charge is -2.28. The quantitative estimate of drug-likeness (QED) is 0.876. The van der Waals surface area contributed by atoms with Gasteiger partial charge in [-0.1, -0.05) is 5.16 Å². The second kappa shape index (κ2) is 5.21. The highest BCUT2D eigenvalue weighted by molar-refractivity contribution is 5.88. The van der Waals surface area contributed by atoms with Gasteiger partial charge < -0.3 is 14.5 Å². The lowest BCUT2D eigenvalue weighted by molar-refractivity contribution is -0.137. The largest absolute Gasteiger partial charge is 0.481 e. The lowest BCUT2D eigenvalue weighted by atomic mass is 10.2. The van der Waals surface area contributed by atoms with Gasteiger partial charge in [-0.25, -0.2) is 4.98 Å².